The maximum absolute atomic E-state index is 8.97. The molecule has 2 heterocycles. The molecule has 1 aromatic rings. The van der Waals surface area contributed by atoms with Gasteiger partial charge in [0.1, 0.15) is 11.1 Å². The van der Waals surface area contributed by atoms with E-state index in [2.05, 4.69) is 6.07 Å². The SMILES string of the molecule is CC1Cc2c(sc(N)c2C#N)C(C)O1. The van der Waals surface area contributed by atoms with E-state index >= 15 is 0 Å². The number of ether oxygens (including phenoxy) is 1. The molecule has 1 aliphatic heterocycles. The summed E-state index contributed by atoms with van der Waals surface area (Å²) in [6.07, 6.45) is 1.05. The second kappa shape index (κ2) is 3.26. The van der Waals surface area contributed by atoms with Crippen LogP contribution in [0.3, 0.4) is 0 Å². The highest BCUT2D eigenvalue weighted by atomic mass is 32.1. The highest BCUT2D eigenvalue weighted by Crippen LogP contribution is 2.40. The lowest BCUT2D eigenvalue weighted by Gasteiger charge is -2.25. The zero-order valence-electron chi connectivity index (χ0n) is 8.20. The van der Waals surface area contributed by atoms with Gasteiger partial charge in [-0.1, -0.05) is 0 Å². The second-order valence-corrected chi connectivity index (χ2v) is 4.67. The molecule has 2 N–H and O–H groups in total. The summed E-state index contributed by atoms with van der Waals surface area (Å²) in [5, 5.41) is 9.60. The molecule has 1 aliphatic rings. The molecular weight excluding hydrogens is 196 g/mol. The summed E-state index contributed by atoms with van der Waals surface area (Å²) in [5.41, 5.74) is 7.54. The van der Waals surface area contributed by atoms with Gasteiger partial charge in [-0.15, -0.1) is 11.3 Å². The van der Waals surface area contributed by atoms with Gasteiger partial charge < -0.3 is 10.5 Å². The van der Waals surface area contributed by atoms with Gasteiger partial charge in [-0.05, 0) is 19.4 Å². The predicted molar refractivity (Wildman–Crippen MR) is 56.1 cm³/mol. The van der Waals surface area contributed by atoms with E-state index in [1.165, 1.54) is 11.3 Å². The fraction of sp³-hybridized carbons (Fsp3) is 0.500. The molecule has 1 aromatic heterocycles. The first kappa shape index (κ1) is 9.50. The minimum Gasteiger partial charge on any atom is -0.389 e. The Bertz CT molecular complexity index is 405. The predicted octanol–water partition coefficient (Wildman–Crippen LogP) is 2.22. The van der Waals surface area contributed by atoms with Gasteiger partial charge in [-0.25, -0.2) is 0 Å². The Morgan fingerprint density at radius 2 is 2.29 bits per heavy atom. The molecule has 0 fully saturated rings. The Morgan fingerprint density at radius 3 is 2.93 bits per heavy atom. The van der Waals surface area contributed by atoms with Crippen LogP contribution in [0.4, 0.5) is 5.00 Å². The molecule has 2 unspecified atom stereocenters. The molecule has 4 heteroatoms. The molecule has 0 saturated carbocycles. The zero-order valence-corrected chi connectivity index (χ0v) is 9.02. The third kappa shape index (κ3) is 1.29. The number of nitriles is 1. The first-order valence-corrected chi connectivity index (χ1v) is 5.41. The van der Waals surface area contributed by atoms with Gasteiger partial charge in [0.15, 0.2) is 0 Å². The Labute approximate surface area is 87.1 Å². The van der Waals surface area contributed by atoms with Gasteiger partial charge in [0, 0.05) is 11.3 Å². The van der Waals surface area contributed by atoms with Crippen LogP contribution in [0.2, 0.25) is 0 Å². The smallest absolute Gasteiger partial charge is 0.104 e. The van der Waals surface area contributed by atoms with Crippen LogP contribution in [-0.2, 0) is 11.2 Å². The highest BCUT2D eigenvalue weighted by Gasteiger charge is 2.28. The monoisotopic (exact) mass is 208 g/mol. The summed E-state index contributed by atoms with van der Waals surface area (Å²) in [7, 11) is 0. The number of nitrogens with two attached hydrogens (primary N) is 1. The van der Waals surface area contributed by atoms with Gasteiger partial charge in [-0.2, -0.15) is 5.26 Å². The highest BCUT2D eigenvalue weighted by molar-refractivity contribution is 7.16. The van der Waals surface area contributed by atoms with E-state index in [9.17, 15) is 0 Å². The van der Waals surface area contributed by atoms with Gasteiger partial charge in [0.2, 0.25) is 0 Å². The molecule has 0 bridgehead atoms. The van der Waals surface area contributed by atoms with Crippen LogP contribution in [0.5, 0.6) is 0 Å². The first-order valence-electron chi connectivity index (χ1n) is 4.60. The average Bonchev–Trinajstić information content (AvgIpc) is 2.41. The Balaban J connectivity index is 2.55. The van der Waals surface area contributed by atoms with Crippen molar-refractivity contribution >= 4 is 16.3 Å². The fourth-order valence-electron chi connectivity index (χ4n) is 1.90. The average molecular weight is 208 g/mol. The molecule has 0 radical (unpaired) electrons. The molecule has 0 spiro atoms. The van der Waals surface area contributed by atoms with Crippen molar-refractivity contribution in [3.05, 3.63) is 16.0 Å². The first-order chi connectivity index (χ1) is 6.63. The molecular formula is C10H12N2OS. The van der Waals surface area contributed by atoms with E-state index in [-0.39, 0.29) is 12.2 Å². The standard InChI is InChI=1S/C10H12N2OS/c1-5-3-7-8(4-11)10(12)14-9(7)6(2)13-5/h5-6H,3,12H2,1-2H3. The number of nitrogen functional groups attached to an aromatic ring is 1. The second-order valence-electron chi connectivity index (χ2n) is 3.59. The van der Waals surface area contributed by atoms with Gasteiger partial charge in [0.25, 0.3) is 0 Å². The van der Waals surface area contributed by atoms with Gasteiger partial charge in [0.05, 0.1) is 17.8 Å². The topological polar surface area (TPSA) is 59.0 Å². The van der Waals surface area contributed by atoms with Crippen LogP contribution < -0.4 is 5.73 Å². The minimum atomic E-state index is 0.0724. The largest absolute Gasteiger partial charge is 0.389 e. The lowest BCUT2D eigenvalue weighted by molar-refractivity contribution is -0.00220. The number of hydrogen-bond donors (Lipinski definition) is 1. The molecule has 0 amide bonds. The van der Waals surface area contributed by atoms with Crippen molar-refractivity contribution in [3.8, 4) is 6.07 Å². The van der Waals surface area contributed by atoms with Crippen molar-refractivity contribution in [2.45, 2.75) is 32.5 Å². The number of fused-ring (bicyclic) bond motifs is 1. The number of hydrogen-bond acceptors (Lipinski definition) is 4. The maximum Gasteiger partial charge on any atom is 0.104 e. The zero-order chi connectivity index (χ0) is 10.3. The van der Waals surface area contributed by atoms with Crippen LogP contribution in [0.25, 0.3) is 0 Å². The van der Waals surface area contributed by atoms with Crippen LogP contribution in [0.1, 0.15) is 36.0 Å². The van der Waals surface area contributed by atoms with Crippen molar-refractivity contribution in [1.82, 2.24) is 0 Å². The molecule has 0 aromatic carbocycles. The van der Waals surface area contributed by atoms with Crippen LogP contribution in [0.15, 0.2) is 0 Å². The van der Waals surface area contributed by atoms with Crippen molar-refractivity contribution < 1.29 is 4.74 Å². The lowest BCUT2D eigenvalue weighted by atomic mass is 10.00. The third-order valence-corrected chi connectivity index (χ3v) is 3.70. The van der Waals surface area contributed by atoms with Crippen molar-refractivity contribution in [2.24, 2.45) is 0 Å². The molecule has 0 aliphatic carbocycles. The molecule has 3 nitrogen and oxygen atoms in total. The van der Waals surface area contributed by atoms with E-state index < -0.39 is 0 Å². The van der Waals surface area contributed by atoms with Crippen LogP contribution in [0, 0.1) is 11.3 Å². The van der Waals surface area contributed by atoms with E-state index in [1.54, 1.807) is 0 Å². The molecule has 2 atom stereocenters. The number of thiophene rings is 1. The quantitative estimate of drug-likeness (QED) is 0.711. The Morgan fingerprint density at radius 1 is 1.57 bits per heavy atom. The summed E-state index contributed by atoms with van der Waals surface area (Å²) in [4.78, 5) is 1.12. The lowest BCUT2D eigenvalue weighted by Crippen LogP contribution is -2.20. The number of nitrogens with zero attached hydrogens (tertiary/aromatic N) is 1. The molecule has 0 saturated heterocycles. The summed E-state index contributed by atoms with van der Waals surface area (Å²) in [5.74, 6) is 0. The third-order valence-electron chi connectivity index (χ3n) is 2.47. The normalized spacial score (nSPS) is 25.5. The van der Waals surface area contributed by atoms with E-state index in [0.717, 1.165) is 16.9 Å². The summed E-state index contributed by atoms with van der Waals surface area (Å²) in [6.45, 7) is 4.03. The molecule has 2 rings (SSSR count). The minimum absolute atomic E-state index is 0.0724. The summed E-state index contributed by atoms with van der Waals surface area (Å²) in [6, 6.07) is 2.17. The van der Waals surface area contributed by atoms with Crippen molar-refractivity contribution in [3.63, 3.8) is 0 Å². The van der Waals surface area contributed by atoms with E-state index in [1.807, 2.05) is 13.8 Å². The fourth-order valence-corrected chi connectivity index (χ4v) is 2.94. The van der Waals surface area contributed by atoms with Crippen molar-refractivity contribution in [2.75, 3.05) is 5.73 Å². The van der Waals surface area contributed by atoms with Gasteiger partial charge in [-0.3, -0.25) is 0 Å². The summed E-state index contributed by atoms with van der Waals surface area (Å²) < 4.78 is 5.67. The molecule has 74 valence electrons. The van der Waals surface area contributed by atoms with Crippen molar-refractivity contribution in [1.29, 1.82) is 5.26 Å². The van der Waals surface area contributed by atoms with Gasteiger partial charge >= 0.3 is 0 Å². The Kier molecular flexibility index (Phi) is 2.22. The van der Waals surface area contributed by atoms with E-state index in [0.29, 0.717) is 10.6 Å². The van der Waals surface area contributed by atoms with Crippen LogP contribution in [-0.4, -0.2) is 6.10 Å². The summed E-state index contributed by atoms with van der Waals surface area (Å²) >= 11 is 1.48. The number of anilines is 1. The number of rotatable bonds is 0. The van der Waals surface area contributed by atoms with E-state index in [4.69, 9.17) is 15.7 Å². The maximum atomic E-state index is 8.97. The Hall–Kier alpha value is -1.05. The van der Waals surface area contributed by atoms with Crippen LogP contribution >= 0.6 is 11.3 Å². The molecule has 14 heavy (non-hydrogen) atoms.